The van der Waals surface area contributed by atoms with Crippen LogP contribution in [0.15, 0.2) is 47.9 Å². The van der Waals surface area contributed by atoms with Gasteiger partial charge in [-0.25, -0.2) is 4.39 Å². The zero-order valence-corrected chi connectivity index (χ0v) is 21.3. The molecule has 1 saturated carbocycles. The van der Waals surface area contributed by atoms with E-state index in [9.17, 15) is 19.1 Å². The number of nitrogens with zero attached hydrogens (tertiary/aromatic N) is 1. The summed E-state index contributed by atoms with van der Waals surface area (Å²) in [5.74, 6) is -1.16. The second-order valence-corrected chi connectivity index (χ2v) is 9.79. The zero-order valence-electron chi connectivity index (χ0n) is 21.3. The summed E-state index contributed by atoms with van der Waals surface area (Å²) in [5, 5.41) is 15.8. The Morgan fingerprint density at radius 3 is 2.67 bits per heavy atom. The summed E-state index contributed by atoms with van der Waals surface area (Å²) < 4.78 is 14.2. The number of hydrogen-bond donors (Lipinski definition) is 5. The summed E-state index contributed by atoms with van der Waals surface area (Å²) in [6.45, 7) is 4.12. The van der Waals surface area contributed by atoms with Gasteiger partial charge in [-0.05, 0) is 79.2 Å². The number of hydrogen-bond acceptors (Lipinski definition) is 6. The standard InChI is InChI=1S/C27H38FN5O3/c1-17(25(35)32-14-19-10-20(12-23(28)11-19)21(13-29)15-31-3)8-24(9-18(2)30)33-7-6-27(16-34,26(33)36)22-4-5-22/h8-12,15,17,22,31,34H,4-7,13-14,16,29-30H2,1-3H3,(H,32,35)/b18-9-,21-15+,24-8+. The SMILES string of the molecule is CN/C=C(\CN)c1cc(F)cc(CNC(=O)C(C)/C=C(\C=C(\C)N)N2CCC(CO)(C3CC3)C2=O)c1. The molecule has 1 aliphatic heterocycles. The van der Waals surface area contributed by atoms with Gasteiger partial charge in [-0.2, -0.15) is 0 Å². The van der Waals surface area contributed by atoms with E-state index in [1.54, 1.807) is 50.2 Å². The molecule has 0 bridgehead atoms. The molecule has 2 amide bonds. The highest BCUT2D eigenvalue weighted by Crippen LogP contribution is 2.52. The Hall–Kier alpha value is -3.17. The molecule has 1 aliphatic carbocycles. The Labute approximate surface area is 212 Å². The number of aliphatic hydroxyl groups is 1. The summed E-state index contributed by atoms with van der Waals surface area (Å²) in [4.78, 5) is 27.9. The van der Waals surface area contributed by atoms with Crippen LogP contribution in [0.3, 0.4) is 0 Å². The Balaban J connectivity index is 1.74. The van der Waals surface area contributed by atoms with E-state index in [-0.39, 0.29) is 37.4 Å². The maximum absolute atomic E-state index is 14.2. The fraction of sp³-hybridized carbons (Fsp3) is 0.481. The second kappa shape index (κ2) is 11.7. The van der Waals surface area contributed by atoms with Gasteiger partial charge < -0.3 is 32.1 Å². The zero-order chi connectivity index (χ0) is 26.5. The van der Waals surface area contributed by atoms with E-state index in [2.05, 4.69) is 10.6 Å². The molecule has 0 radical (unpaired) electrons. The van der Waals surface area contributed by atoms with Crippen LogP contribution in [0.2, 0.25) is 0 Å². The van der Waals surface area contributed by atoms with Crippen molar-refractivity contribution in [1.82, 2.24) is 15.5 Å². The molecule has 1 aromatic rings. The van der Waals surface area contributed by atoms with Gasteiger partial charge in [-0.15, -0.1) is 0 Å². The van der Waals surface area contributed by atoms with Gasteiger partial charge in [0, 0.05) is 44.3 Å². The van der Waals surface area contributed by atoms with Crippen molar-refractivity contribution in [1.29, 1.82) is 0 Å². The van der Waals surface area contributed by atoms with E-state index in [0.29, 0.717) is 35.5 Å². The molecule has 2 atom stereocenters. The van der Waals surface area contributed by atoms with E-state index in [4.69, 9.17) is 11.5 Å². The molecule has 196 valence electrons. The molecule has 0 aromatic heterocycles. The third-order valence-electron chi connectivity index (χ3n) is 6.95. The van der Waals surface area contributed by atoms with Gasteiger partial charge in [0.25, 0.3) is 0 Å². The second-order valence-electron chi connectivity index (χ2n) is 9.79. The molecule has 1 heterocycles. The van der Waals surface area contributed by atoms with Crippen molar-refractivity contribution in [2.45, 2.75) is 39.7 Å². The summed E-state index contributed by atoms with van der Waals surface area (Å²) >= 11 is 0. The number of carbonyl (C=O) groups is 2. The minimum Gasteiger partial charge on any atom is -0.402 e. The van der Waals surface area contributed by atoms with Crippen LogP contribution >= 0.6 is 0 Å². The fourth-order valence-corrected chi connectivity index (χ4v) is 4.83. The third kappa shape index (κ3) is 6.14. The Morgan fingerprint density at radius 2 is 2.08 bits per heavy atom. The molecule has 2 fully saturated rings. The van der Waals surface area contributed by atoms with Crippen molar-refractivity contribution in [2.24, 2.45) is 28.7 Å². The molecule has 9 heteroatoms. The number of halogens is 1. The van der Waals surface area contributed by atoms with Crippen LogP contribution in [0.25, 0.3) is 5.57 Å². The number of rotatable bonds is 11. The maximum Gasteiger partial charge on any atom is 0.235 e. The monoisotopic (exact) mass is 499 g/mol. The molecule has 1 saturated heterocycles. The molecule has 1 aromatic carbocycles. The summed E-state index contributed by atoms with van der Waals surface area (Å²) in [7, 11) is 1.74. The molecule has 36 heavy (non-hydrogen) atoms. The Bertz CT molecular complexity index is 1080. The maximum atomic E-state index is 14.2. The molecule has 2 aliphatic rings. The van der Waals surface area contributed by atoms with E-state index in [1.807, 2.05) is 0 Å². The van der Waals surface area contributed by atoms with Crippen LogP contribution in [-0.2, 0) is 16.1 Å². The lowest BCUT2D eigenvalue weighted by atomic mass is 9.82. The number of likely N-dealkylation sites (tertiary alicyclic amines) is 1. The van der Waals surface area contributed by atoms with Gasteiger partial charge in [0.2, 0.25) is 11.8 Å². The van der Waals surface area contributed by atoms with Crippen molar-refractivity contribution >= 4 is 17.4 Å². The normalized spacial score (nSPS) is 22.1. The molecular weight excluding hydrogens is 461 g/mol. The fourth-order valence-electron chi connectivity index (χ4n) is 4.83. The van der Waals surface area contributed by atoms with Crippen molar-refractivity contribution in [3.8, 4) is 0 Å². The van der Waals surface area contributed by atoms with Crippen LogP contribution in [0.5, 0.6) is 0 Å². The minimum atomic E-state index is -0.736. The lowest BCUT2D eigenvalue weighted by molar-refractivity contribution is -0.137. The van der Waals surface area contributed by atoms with Crippen molar-refractivity contribution in [2.75, 3.05) is 26.7 Å². The average Bonchev–Trinajstić information content (AvgIpc) is 3.63. The topological polar surface area (TPSA) is 134 Å². The number of benzene rings is 1. The quantitative estimate of drug-likeness (QED) is 0.296. The van der Waals surface area contributed by atoms with Gasteiger partial charge in [0.05, 0.1) is 17.9 Å². The summed E-state index contributed by atoms with van der Waals surface area (Å²) in [6, 6.07) is 4.57. The van der Waals surface area contributed by atoms with Crippen molar-refractivity contribution < 1.29 is 19.1 Å². The molecule has 8 nitrogen and oxygen atoms in total. The van der Waals surface area contributed by atoms with Gasteiger partial charge >= 0.3 is 0 Å². The Morgan fingerprint density at radius 1 is 1.36 bits per heavy atom. The molecule has 7 N–H and O–H groups in total. The predicted molar refractivity (Wildman–Crippen MR) is 138 cm³/mol. The summed E-state index contributed by atoms with van der Waals surface area (Å²) in [5.41, 5.74) is 14.0. The number of carbonyl (C=O) groups excluding carboxylic acids is 2. The molecule has 3 rings (SSSR count). The van der Waals surface area contributed by atoms with Crippen LogP contribution < -0.4 is 22.1 Å². The van der Waals surface area contributed by atoms with Gasteiger partial charge in [-0.1, -0.05) is 6.92 Å². The lowest BCUT2D eigenvalue weighted by Crippen LogP contribution is -2.38. The highest BCUT2D eigenvalue weighted by atomic mass is 19.1. The average molecular weight is 500 g/mol. The van der Waals surface area contributed by atoms with E-state index < -0.39 is 17.2 Å². The Kier molecular flexibility index (Phi) is 8.92. The van der Waals surface area contributed by atoms with Gasteiger partial charge in [-0.3, -0.25) is 9.59 Å². The largest absolute Gasteiger partial charge is 0.402 e. The van der Waals surface area contributed by atoms with Crippen molar-refractivity contribution in [3.05, 3.63) is 64.9 Å². The first-order valence-electron chi connectivity index (χ1n) is 12.4. The first-order chi connectivity index (χ1) is 17.1. The number of amides is 2. The van der Waals surface area contributed by atoms with Crippen LogP contribution in [0.4, 0.5) is 4.39 Å². The van der Waals surface area contributed by atoms with E-state index in [1.165, 1.54) is 12.1 Å². The molecule has 0 spiro atoms. The third-order valence-corrected chi connectivity index (χ3v) is 6.95. The molecule has 2 unspecified atom stereocenters. The lowest BCUT2D eigenvalue weighted by Gasteiger charge is -2.26. The summed E-state index contributed by atoms with van der Waals surface area (Å²) in [6.07, 6.45) is 7.59. The predicted octanol–water partition coefficient (Wildman–Crippen LogP) is 1.96. The van der Waals surface area contributed by atoms with Gasteiger partial charge in [0.15, 0.2) is 0 Å². The van der Waals surface area contributed by atoms with Gasteiger partial charge in [0.1, 0.15) is 5.82 Å². The highest BCUT2D eigenvalue weighted by Gasteiger charge is 2.55. The van der Waals surface area contributed by atoms with Crippen LogP contribution in [0.1, 0.15) is 44.2 Å². The van der Waals surface area contributed by atoms with Crippen LogP contribution in [0, 0.1) is 23.1 Å². The first-order valence-corrected chi connectivity index (χ1v) is 12.4. The number of aliphatic hydroxyl groups excluding tert-OH is 1. The first kappa shape index (κ1) is 27.4. The number of allylic oxidation sites excluding steroid dienone is 2. The van der Waals surface area contributed by atoms with Crippen LogP contribution in [-0.4, -0.2) is 48.6 Å². The number of nitrogens with two attached hydrogens (primary N) is 2. The van der Waals surface area contributed by atoms with Crippen molar-refractivity contribution in [3.63, 3.8) is 0 Å². The molecular formula is C27H38FN5O3. The smallest absolute Gasteiger partial charge is 0.235 e. The minimum absolute atomic E-state index is 0.110. The number of nitrogens with one attached hydrogen (secondary N) is 2. The highest BCUT2D eigenvalue weighted by molar-refractivity contribution is 5.88. The van der Waals surface area contributed by atoms with E-state index >= 15 is 0 Å². The van der Waals surface area contributed by atoms with E-state index in [0.717, 1.165) is 18.4 Å².